The predicted molar refractivity (Wildman–Crippen MR) is 72.1 cm³/mol. The molecule has 3 N–H and O–H groups in total. The van der Waals surface area contributed by atoms with Crippen LogP contribution in [0.15, 0.2) is 30.5 Å². The number of benzene rings is 1. The van der Waals surface area contributed by atoms with E-state index in [2.05, 4.69) is 0 Å². The summed E-state index contributed by atoms with van der Waals surface area (Å²) >= 11 is 0. The quantitative estimate of drug-likeness (QED) is 0.799. The van der Waals surface area contributed by atoms with Gasteiger partial charge in [0.15, 0.2) is 5.78 Å². The number of nitrogens with two attached hydrogens (primary N) is 1. The highest BCUT2D eigenvalue weighted by Gasteiger charge is 2.20. The molecule has 5 nitrogen and oxygen atoms in total. The lowest BCUT2D eigenvalue weighted by molar-refractivity contribution is -0.137. The van der Waals surface area contributed by atoms with Crippen molar-refractivity contribution in [1.29, 1.82) is 0 Å². The molecule has 1 unspecified atom stereocenters. The average Bonchev–Trinajstić information content (AvgIpc) is 2.73. The molecule has 0 fully saturated rings. The van der Waals surface area contributed by atoms with Gasteiger partial charge in [0, 0.05) is 36.1 Å². The van der Waals surface area contributed by atoms with Crippen molar-refractivity contribution in [2.75, 3.05) is 0 Å². The van der Waals surface area contributed by atoms with E-state index in [1.807, 2.05) is 35.9 Å². The normalized spacial score (nSPS) is 12.5. The first-order valence-corrected chi connectivity index (χ1v) is 6.06. The maximum Gasteiger partial charge on any atom is 0.303 e. The van der Waals surface area contributed by atoms with E-state index in [-0.39, 0.29) is 18.6 Å². The van der Waals surface area contributed by atoms with Crippen LogP contribution in [0.5, 0.6) is 0 Å². The van der Waals surface area contributed by atoms with Crippen LogP contribution in [0.3, 0.4) is 0 Å². The number of hydrogen-bond donors (Lipinski definition) is 2. The number of carbonyl (C=O) groups excluding carboxylic acids is 1. The number of Topliss-reactive ketones (excluding diaryl/α,β-unsaturated/α-hetero) is 1. The lowest BCUT2D eigenvalue weighted by Crippen LogP contribution is -2.31. The van der Waals surface area contributed by atoms with Gasteiger partial charge in [0.2, 0.25) is 0 Å². The number of aliphatic carboxylic acids is 1. The second-order valence-electron chi connectivity index (χ2n) is 4.57. The van der Waals surface area contributed by atoms with E-state index in [4.69, 9.17) is 10.8 Å². The Hall–Kier alpha value is -2.14. The van der Waals surface area contributed by atoms with Crippen molar-refractivity contribution < 1.29 is 14.7 Å². The highest BCUT2D eigenvalue weighted by atomic mass is 16.4. The van der Waals surface area contributed by atoms with Gasteiger partial charge in [-0.05, 0) is 12.5 Å². The molecule has 2 aromatic rings. The molecule has 1 aromatic carbocycles. The van der Waals surface area contributed by atoms with Crippen LogP contribution in [-0.4, -0.2) is 27.5 Å². The molecule has 0 aliphatic heterocycles. The fraction of sp³-hybridized carbons (Fsp3) is 0.286. The summed E-state index contributed by atoms with van der Waals surface area (Å²) in [5.41, 5.74) is 7.28. The molecule has 1 aromatic heterocycles. The summed E-state index contributed by atoms with van der Waals surface area (Å²) in [7, 11) is 1.86. The minimum atomic E-state index is -0.943. The molecule has 1 heterocycles. The Balaban J connectivity index is 2.29. The molecule has 1 atom stereocenters. The van der Waals surface area contributed by atoms with Gasteiger partial charge in [-0.2, -0.15) is 0 Å². The van der Waals surface area contributed by atoms with E-state index < -0.39 is 12.0 Å². The Morgan fingerprint density at radius 2 is 2.05 bits per heavy atom. The van der Waals surface area contributed by atoms with Crippen LogP contribution in [0.25, 0.3) is 10.9 Å². The van der Waals surface area contributed by atoms with E-state index in [0.717, 1.165) is 10.9 Å². The summed E-state index contributed by atoms with van der Waals surface area (Å²) in [5, 5.41) is 9.47. The molecule has 5 heteroatoms. The second kappa shape index (κ2) is 5.24. The van der Waals surface area contributed by atoms with Crippen molar-refractivity contribution in [3.05, 3.63) is 36.0 Å². The third-order valence-electron chi connectivity index (χ3n) is 3.17. The average molecular weight is 260 g/mol. The summed E-state index contributed by atoms with van der Waals surface area (Å²) in [4.78, 5) is 22.8. The summed E-state index contributed by atoms with van der Waals surface area (Å²) in [6.07, 6.45) is 1.79. The zero-order valence-corrected chi connectivity index (χ0v) is 10.7. The minimum absolute atomic E-state index is 0.0995. The van der Waals surface area contributed by atoms with Crippen LogP contribution in [0.1, 0.15) is 23.2 Å². The number of rotatable bonds is 5. The number of carboxylic acid groups (broad SMARTS) is 1. The molecule has 0 aliphatic carbocycles. The van der Waals surface area contributed by atoms with E-state index in [1.165, 1.54) is 0 Å². The van der Waals surface area contributed by atoms with E-state index >= 15 is 0 Å². The van der Waals surface area contributed by atoms with Gasteiger partial charge in [0.25, 0.3) is 0 Å². The molecule has 0 saturated heterocycles. The predicted octanol–water partition coefficient (Wildman–Crippen LogP) is 1.55. The maximum atomic E-state index is 12.3. The Morgan fingerprint density at radius 1 is 1.37 bits per heavy atom. The molecule has 0 bridgehead atoms. The van der Waals surface area contributed by atoms with Crippen molar-refractivity contribution in [3.8, 4) is 0 Å². The molecule has 0 radical (unpaired) electrons. The molecule has 0 amide bonds. The maximum absolute atomic E-state index is 12.3. The van der Waals surface area contributed by atoms with Crippen molar-refractivity contribution in [2.24, 2.45) is 12.8 Å². The number of aromatic nitrogens is 1. The van der Waals surface area contributed by atoms with Gasteiger partial charge in [0.1, 0.15) is 0 Å². The van der Waals surface area contributed by atoms with E-state index in [9.17, 15) is 9.59 Å². The van der Waals surface area contributed by atoms with Gasteiger partial charge < -0.3 is 15.4 Å². The number of carbonyl (C=O) groups is 2. The molecule has 0 aliphatic rings. The van der Waals surface area contributed by atoms with E-state index in [0.29, 0.717) is 5.56 Å². The summed E-state index contributed by atoms with van der Waals surface area (Å²) in [6, 6.07) is 6.78. The highest BCUT2D eigenvalue weighted by molar-refractivity contribution is 6.10. The largest absolute Gasteiger partial charge is 0.481 e. The van der Waals surface area contributed by atoms with Crippen LogP contribution >= 0.6 is 0 Å². The minimum Gasteiger partial charge on any atom is -0.481 e. The van der Waals surface area contributed by atoms with Crippen molar-refractivity contribution in [3.63, 3.8) is 0 Å². The Labute approximate surface area is 110 Å². The van der Waals surface area contributed by atoms with Crippen LogP contribution in [0.2, 0.25) is 0 Å². The molecule has 100 valence electrons. The van der Waals surface area contributed by atoms with Gasteiger partial charge >= 0.3 is 5.97 Å². The highest BCUT2D eigenvalue weighted by Crippen LogP contribution is 2.21. The van der Waals surface area contributed by atoms with Crippen molar-refractivity contribution >= 4 is 22.7 Å². The molecule has 0 saturated carbocycles. The van der Waals surface area contributed by atoms with Crippen LogP contribution in [0.4, 0.5) is 0 Å². The second-order valence-corrected chi connectivity index (χ2v) is 4.57. The first-order valence-electron chi connectivity index (χ1n) is 6.06. The monoisotopic (exact) mass is 260 g/mol. The number of carboxylic acids is 1. The number of ketones is 1. The van der Waals surface area contributed by atoms with Crippen LogP contribution < -0.4 is 5.73 Å². The molecule has 2 rings (SSSR count). The number of nitrogens with zero attached hydrogens (tertiary/aromatic N) is 1. The Morgan fingerprint density at radius 3 is 2.74 bits per heavy atom. The lowest BCUT2D eigenvalue weighted by atomic mass is 10.0. The van der Waals surface area contributed by atoms with Crippen LogP contribution in [0, 0.1) is 0 Å². The summed E-state index contributed by atoms with van der Waals surface area (Å²) < 4.78 is 1.87. The van der Waals surface area contributed by atoms with Gasteiger partial charge in [-0.25, -0.2) is 0 Å². The third-order valence-corrected chi connectivity index (χ3v) is 3.17. The fourth-order valence-corrected chi connectivity index (χ4v) is 2.15. The van der Waals surface area contributed by atoms with Gasteiger partial charge in [-0.15, -0.1) is 0 Å². The number of fused-ring (bicyclic) bond motifs is 1. The van der Waals surface area contributed by atoms with Gasteiger partial charge in [0.05, 0.1) is 6.04 Å². The zero-order valence-electron chi connectivity index (χ0n) is 10.7. The van der Waals surface area contributed by atoms with Crippen LogP contribution in [-0.2, 0) is 11.8 Å². The Bertz CT molecular complexity index is 631. The lowest BCUT2D eigenvalue weighted by Gasteiger charge is -2.08. The van der Waals surface area contributed by atoms with Gasteiger partial charge in [-0.1, -0.05) is 18.2 Å². The van der Waals surface area contributed by atoms with Crippen molar-refractivity contribution in [1.82, 2.24) is 4.57 Å². The first-order chi connectivity index (χ1) is 9.00. The third kappa shape index (κ3) is 2.66. The number of aryl methyl sites for hydroxylation is 1. The Kier molecular flexibility index (Phi) is 3.66. The molecule has 19 heavy (non-hydrogen) atoms. The van der Waals surface area contributed by atoms with E-state index in [1.54, 1.807) is 6.20 Å². The SMILES string of the molecule is Cn1cc(C(=O)C(N)CCC(=O)O)c2ccccc21. The number of hydrogen-bond acceptors (Lipinski definition) is 3. The molecule has 0 spiro atoms. The smallest absolute Gasteiger partial charge is 0.303 e. The zero-order chi connectivity index (χ0) is 14.0. The molecular weight excluding hydrogens is 244 g/mol. The standard InChI is InChI=1S/C14H16N2O3/c1-16-8-10(9-4-2-3-5-12(9)16)14(19)11(15)6-7-13(17)18/h2-5,8,11H,6-7,15H2,1H3,(H,17,18). The fourth-order valence-electron chi connectivity index (χ4n) is 2.15. The summed E-state index contributed by atoms with van der Waals surface area (Å²) in [6.45, 7) is 0. The van der Waals surface area contributed by atoms with Crippen molar-refractivity contribution in [2.45, 2.75) is 18.9 Å². The number of para-hydroxylation sites is 1. The van der Waals surface area contributed by atoms with Gasteiger partial charge in [-0.3, -0.25) is 9.59 Å². The molecular formula is C14H16N2O3. The topological polar surface area (TPSA) is 85.3 Å². The first kappa shape index (κ1) is 13.3. The summed E-state index contributed by atoms with van der Waals surface area (Å²) in [5.74, 6) is -1.15.